The van der Waals surface area contributed by atoms with Gasteiger partial charge in [0.15, 0.2) is 0 Å². The van der Waals surface area contributed by atoms with Gasteiger partial charge in [0.1, 0.15) is 0 Å². The molecule has 0 aromatic heterocycles. The number of hydrogen-bond donors (Lipinski definition) is 2. The van der Waals surface area contributed by atoms with Gasteiger partial charge in [-0.2, -0.15) is 0 Å². The predicted octanol–water partition coefficient (Wildman–Crippen LogP) is 15.5. The van der Waals surface area contributed by atoms with Gasteiger partial charge in [-0.25, -0.2) is 28.8 Å². The summed E-state index contributed by atoms with van der Waals surface area (Å²) < 4.78 is 21.6. The number of ether oxygens (including phenoxy) is 4. The Kier molecular flexibility index (Phi) is 35.8. The Balaban J connectivity index is 0.000000586. The number of carboxylic acid groups (broad SMARTS) is 2. The molecule has 3 aromatic rings. The maximum atomic E-state index is 12.4. The summed E-state index contributed by atoms with van der Waals surface area (Å²) >= 11 is 0. The van der Waals surface area contributed by atoms with Crippen LogP contribution < -0.4 is 0 Å². The van der Waals surface area contributed by atoms with Crippen LogP contribution in [0.25, 0.3) is 0 Å². The van der Waals surface area contributed by atoms with Crippen LogP contribution in [0, 0.1) is 23.7 Å². The molecule has 12 nitrogen and oxygen atoms in total. The van der Waals surface area contributed by atoms with Crippen molar-refractivity contribution in [3.05, 3.63) is 106 Å². The zero-order valence-corrected chi connectivity index (χ0v) is 45.2. The second kappa shape index (κ2) is 40.0. The van der Waals surface area contributed by atoms with Crippen LogP contribution in [0.2, 0.25) is 0 Å². The minimum absolute atomic E-state index is 0.190. The van der Waals surface area contributed by atoms with Crippen LogP contribution in [-0.2, 0) is 18.9 Å². The van der Waals surface area contributed by atoms with E-state index < -0.39 is 35.8 Å². The van der Waals surface area contributed by atoms with Gasteiger partial charge in [0.25, 0.3) is 0 Å². The number of esters is 4. The lowest BCUT2D eigenvalue weighted by molar-refractivity contribution is 0.0450. The maximum Gasteiger partial charge on any atom is 0.339 e. The number of aromatic carboxylic acids is 2. The summed E-state index contributed by atoms with van der Waals surface area (Å²) in [5, 5.41) is 17.1. The number of rotatable bonds is 34. The van der Waals surface area contributed by atoms with Crippen LogP contribution in [0.1, 0.15) is 246 Å². The summed E-state index contributed by atoms with van der Waals surface area (Å²) in [6, 6.07) is 19.0. The van der Waals surface area contributed by atoms with Crippen LogP contribution in [0.5, 0.6) is 0 Å². The van der Waals surface area contributed by atoms with Crippen molar-refractivity contribution < 1.29 is 57.9 Å². The molecule has 3 aromatic carbocycles. The van der Waals surface area contributed by atoms with Crippen molar-refractivity contribution in [2.24, 2.45) is 23.7 Å². The van der Waals surface area contributed by atoms with Gasteiger partial charge in [0.2, 0.25) is 0 Å². The average Bonchev–Trinajstić information content (AvgIpc) is 3.34. The zero-order chi connectivity index (χ0) is 53.5. The largest absolute Gasteiger partial charge is 0.478 e. The molecule has 3 rings (SSSR count). The number of carboxylic acids is 2. The maximum absolute atomic E-state index is 12.4. The number of carbonyl (C=O) groups excluding carboxylic acids is 4. The van der Waals surface area contributed by atoms with Crippen molar-refractivity contribution in [1.29, 1.82) is 0 Å². The first-order valence-electron chi connectivity index (χ1n) is 26.9. The highest BCUT2D eigenvalue weighted by Crippen LogP contribution is 2.18. The van der Waals surface area contributed by atoms with Crippen molar-refractivity contribution in [3.8, 4) is 0 Å². The molecule has 0 amide bonds. The molecular weight excluding hydrogens is 913 g/mol. The Morgan fingerprint density at radius 2 is 0.486 bits per heavy atom. The quantitative estimate of drug-likeness (QED) is 0.0329. The Labute approximate surface area is 432 Å². The van der Waals surface area contributed by atoms with Crippen LogP contribution in [-0.4, -0.2) is 72.5 Å². The molecule has 12 heteroatoms. The van der Waals surface area contributed by atoms with Crippen molar-refractivity contribution >= 4 is 35.8 Å². The first-order valence-corrected chi connectivity index (χ1v) is 26.9. The van der Waals surface area contributed by atoms with Gasteiger partial charge in [-0.05, 0) is 85.8 Å². The average molecular weight is 1000 g/mol. The van der Waals surface area contributed by atoms with E-state index in [9.17, 15) is 28.8 Å². The highest BCUT2D eigenvalue weighted by molar-refractivity contribution is 6.04. The third kappa shape index (κ3) is 31.0. The summed E-state index contributed by atoms with van der Waals surface area (Å²) in [7, 11) is 0. The van der Waals surface area contributed by atoms with Crippen molar-refractivity contribution in [1.82, 2.24) is 0 Å². The van der Waals surface area contributed by atoms with Crippen LogP contribution in [0.3, 0.4) is 0 Å². The first-order chi connectivity index (χ1) is 34.5. The fraction of sp³-hybridized carbons (Fsp3) is 0.600. The Morgan fingerprint density at radius 3 is 0.667 bits per heavy atom. The summed E-state index contributed by atoms with van der Waals surface area (Å²) in [6.07, 6.45) is 22.1. The number of hydrogen-bond acceptors (Lipinski definition) is 10. The van der Waals surface area contributed by atoms with Crippen LogP contribution >= 0.6 is 0 Å². The van der Waals surface area contributed by atoms with E-state index in [0.717, 1.165) is 101 Å². The van der Waals surface area contributed by atoms with Crippen LogP contribution in [0.15, 0.2) is 72.8 Å². The summed E-state index contributed by atoms with van der Waals surface area (Å²) in [5.74, 6) is -1.28. The van der Waals surface area contributed by atoms with E-state index in [1.54, 1.807) is 48.5 Å². The van der Waals surface area contributed by atoms with E-state index in [2.05, 4.69) is 55.4 Å². The third-order valence-electron chi connectivity index (χ3n) is 11.8. The number of unbranched alkanes of at least 4 members (excludes halogenated alkanes) is 12. The first kappa shape index (κ1) is 64.5. The molecule has 2 N–H and O–H groups in total. The van der Waals surface area contributed by atoms with E-state index in [1.165, 1.54) is 75.6 Å². The zero-order valence-electron chi connectivity index (χ0n) is 45.2. The Bertz CT molecular complexity index is 1740. The summed E-state index contributed by atoms with van der Waals surface area (Å²) in [4.78, 5) is 70.6. The molecule has 0 aliphatic carbocycles. The standard InChI is InChI=1S/2C26H42O4.C8H6O4/c2*1-21(2)15-9-5-7-13-19-29-25(27)23-17-11-12-18-24(23)26(28)30-20-14-8-6-10-16-22(3)4;9-7(10)5-3-1-2-4-6(5)8(11)12/h2*11-12,17-18,21-22H,5-10,13-16,19-20H2,1-4H3;1-4H,(H,9,10)(H,11,12). The van der Waals surface area contributed by atoms with E-state index in [-0.39, 0.29) is 11.1 Å². The lowest BCUT2D eigenvalue weighted by Crippen LogP contribution is -2.15. The Morgan fingerprint density at radius 1 is 0.306 bits per heavy atom. The normalized spacial score (nSPS) is 10.8. The topological polar surface area (TPSA) is 180 Å². The molecule has 0 saturated carbocycles. The van der Waals surface area contributed by atoms with Crippen molar-refractivity contribution in [3.63, 3.8) is 0 Å². The van der Waals surface area contributed by atoms with E-state index in [4.69, 9.17) is 29.2 Å². The molecule has 0 aliphatic rings. The van der Waals surface area contributed by atoms with E-state index >= 15 is 0 Å². The Hall–Kier alpha value is -5.52. The fourth-order valence-electron chi connectivity index (χ4n) is 7.54. The van der Waals surface area contributed by atoms with Crippen molar-refractivity contribution in [2.75, 3.05) is 26.4 Å². The minimum atomic E-state index is -1.23. The molecule has 0 aliphatic heterocycles. The third-order valence-corrected chi connectivity index (χ3v) is 11.8. The van der Waals surface area contributed by atoms with E-state index in [0.29, 0.717) is 48.7 Å². The second-order valence-corrected chi connectivity index (χ2v) is 20.2. The molecule has 0 atom stereocenters. The summed E-state index contributed by atoms with van der Waals surface area (Å²) in [5.41, 5.74) is 0.784. The monoisotopic (exact) mass is 1000 g/mol. The number of carbonyl (C=O) groups is 6. The molecule has 0 fully saturated rings. The molecule has 0 unspecified atom stereocenters. The lowest BCUT2D eigenvalue weighted by atomic mass is 10.0. The second-order valence-electron chi connectivity index (χ2n) is 20.2. The summed E-state index contributed by atoms with van der Waals surface area (Å²) in [6.45, 7) is 19.4. The molecule has 0 spiro atoms. The van der Waals surface area contributed by atoms with Gasteiger partial charge in [-0.3, -0.25) is 0 Å². The van der Waals surface area contributed by atoms with Crippen molar-refractivity contribution in [2.45, 2.75) is 184 Å². The predicted molar refractivity (Wildman–Crippen MR) is 286 cm³/mol. The molecule has 0 bridgehead atoms. The van der Waals surface area contributed by atoms with Gasteiger partial charge in [-0.15, -0.1) is 0 Å². The van der Waals surface area contributed by atoms with E-state index in [1.807, 2.05) is 0 Å². The fourth-order valence-corrected chi connectivity index (χ4v) is 7.54. The minimum Gasteiger partial charge on any atom is -0.478 e. The van der Waals surface area contributed by atoms with Gasteiger partial charge in [0.05, 0.1) is 59.8 Å². The van der Waals surface area contributed by atoms with Crippen LogP contribution in [0.4, 0.5) is 0 Å². The van der Waals surface area contributed by atoms with Gasteiger partial charge >= 0.3 is 35.8 Å². The van der Waals surface area contributed by atoms with Gasteiger partial charge in [-0.1, -0.05) is 195 Å². The van der Waals surface area contributed by atoms with Gasteiger partial charge < -0.3 is 29.2 Å². The molecule has 0 saturated heterocycles. The molecule has 72 heavy (non-hydrogen) atoms. The highest BCUT2D eigenvalue weighted by atomic mass is 16.5. The van der Waals surface area contributed by atoms with Gasteiger partial charge in [0, 0.05) is 0 Å². The smallest absolute Gasteiger partial charge is 0.339 e. The SMILES string of the molecule is CC(C)CCCCCCOC(=O)c1ccccc1C(=O)OCCCCCCC(C)C.CC(C)CCCCCCOC(=O)c1ccccc1C(=O)OCCCCCCC(C)C.O=C(O)c1ccccc1C(=O)O. The highest BCUT2D eigenvalue weighted by Gasteiger charge is 2.20. The molecule has 0 heterocycles. The molecule has 402 valence electrons. The lowest BCUT2D eigenvalue weighted by Gasteiger charge is -2.10. The molecular formula is C60H90O12. The molecule has 0 radical (unpaired) electrons. The number of benzene rings is 3.